The summed E-state index contributed by atoms with van der Waals surface area (Å²) in [4.78, 5) is 12.7. The standard InChI is InChI=1S/C18H23FN2O2.ClH/c19-12-3-4-16-13(10-12)15(2-1-9-23-16)21-17(22)14-11-18(14)5-7-20-8-6-18;/h3-4,10,14-15,20H,1-2,5-9,11H2,(H,21,22);1H. The van der Waals surface area contributed by atoms with Gasteiger partial charge in [-0.05, 0) is 68.8 Å². The van der Waals surface area contributed by atoms with Gasteiger partial charge in [-0.3, -0.25) is 4.79 Å². The summed E-state index contributed by atoms with van der Waals surface area (Å²) < 4.78 is 19.3. The van der Waals surface area contributed by atoms with Gasteiger partial charge in [0.25, 0.3) is 0 Å². The third-order valence-corrected chi connectivity index (χ3v) is 5.66. The highest BCUT2D eigenvalue weighted by atomic mass is 35.5. The molecular formula is C18H24ClFN2O2. The molecule has 1 spiro atoms. The molecule has 0 bridgehead atoms. The summed E-state index contributed by atoms with van der Waals surface area (Å²) in [6.45, 7) is 2.63. The molecule has 24 heavy (non-hydrogen) atoms. The third kappa shape index (κ3) is 3.24. The van der Waals surface area contributed by atoms with Gasteiger partial charge >= 0.3 is 0 Å². The van der Waals surface area contributed by atoms with Crippen molar-refractivity contribution in [1.82, 2.24) is 10.6 Å². The van der Waals surface area contributed by atoms with Gasteiger partial charge in [0.05, 0.1) is 12.6 Å². The van der Waals surface area contributed by atoms with Crippen LogP contribution in [0, 0.1) is 17.2 Å². The van der Waals surface area contributed by atoms with E-state index >= 15 is 0 Å². The smallest absolute Gasteiger partial charge is 0.224 e. The van der Waals surface area contributed by atoms with E-state index in [1.807, 2.05) is 0 Å². The van der Waals surface area contributed by atoms with Gasteiger partial charge in [-0.2, -0.15) is 0 Å². The van der Waals surface area contributed by atoms with Crippen LogP contribution in [0.3, 0.4) is 0 Å². The van der Waals surface area contributed by atoms with Crippen LogP contribution < -0.4 is 15.4 Å². The summed E-state index contributed by atoms with van der Waals surface area (Å²) in [5, 5.41) is 6.53. The van der Waals surface area contributed by atoms with Crippen LogP contribution in [0.25, 0.3) is 0 Å². The van der Waals surface area contributed by atoms with E-state index in [9.17, 15) is 9.18 Å². The maximum absolute atomic E-state index is 13.6. The second-order valence-electron chi connectivity index (χ2n) is 7.10. The number of carbonyl (C=O) groups is 1. The van der Waals surface area contributed by atoms with Gasteiger partial charge in [-0.15, -0.1) is 12.4 Å². The van der Waals surface area contributed by atoms with Crippen LogP contribution in [-0.4, -0.2) is 25.6 Å². The molecule has 2 heterocycles. The molecule has 1 saturated carbocycles. The zero-order valence-corrected chi connectivity index (χ0v) is 14.5. The van der Waals surface area contributed by atoms with Crippen molar-refractivity contribution < 1.29 is 13.9 Å². The Morgan fingerprint density at radius 1 is 1.33 bits per heavy atom. The lowest BCUT2D eigenvalue weighted by Gasteiger charge is -2.24. The number of piperidine rings is 1. The molecule has 0 aromatic heterocycles. The molecule has 6 heteroatoms. The van der Waals surface area contributed by atoms with Gasteiger partial charge < -0.3 is 15.4 Å². The molecule has 0 radical (unpaired) electrons. The number of rotatable bonds is 2. The van der Waals surface area contributed by atoms with Gasteiger partial charge in [-0.25, -0.2) is 4.39 Å². The molecule has 1 saturated heterocycles. The Balaban J connectivity index is 0.00000169. The number of hydrogen-bond acceptors (Lipinski definition) is 3. The van der Waals surface area contributed by atoms with Crippen LogP contribution in [0.4, 0.5) is 4.39 Å². The molecule has 2 unspecified atom stereocenters. The van der Waals surface area contributed by atoms with Crippen LogP contribution in [-0.2, 0) is 4.79 Å². The molecule has 2 aliphatic heterocycles. The summed E-state index contributed by atoms with van der Waals surface area (Å²) in [6.07, 6.45) is 4.83. The number of hydrogen-bond donors (Lipinski definition) is 2. The molecule has 4 nitrogen and oxygen atoms in total. The molecule has 1 aliphatic carbocycles. The highest BCUT2D eigenvalue weighted by Crippen LogP contribution is 2.58. The fraction of sp³-hybridized carbons (Fsp3) is 0.611. The number of carbonyl (C=O) groups excluding carboxylic acids is 1. The molecule has 1 amide bonds. The maximum atomic E-state index is 13.6. The normalized spacial score (nSPS) is 27.2. The molecule has 2 N–H and O–H groups in total. The van der Waals surface area contributed by atoms with Crippen molar-refractivity contribution in [2.45, 2.75) is 38.1 Å². The Bertz CT molecular complexity index is 619. The molecule has 1 aromatic carbocycles. The van der Waals surface area contributed by atoms with E-state index in [0.717, 1.165) is 50.8 Å². The average Bonchev–Trinajstić information content (AvgIpc) is 3.28. The third-order valence-electron chi connectivity index (χ3n) is 5.66. The predicted octanol–water partition coefficient (Wildman–Crippen LogP) is 2.97. The van der Waals surface area contributed by atoms with Gasteiger partial charge in [0, 0.05) is 11.5 Å². The Morgan fingerprint density at radius 3 is 2.92 bits per heavy atom. The minimum Gasteiger partial charge on any atom is -0.493 e. The Morgan fingerprint density at radius 2 is 2.12 bits per heavy atom. The summed E-state index contributed by atoms with van der Waals surface area (Å²) in [5.41, 5.74) is 0.997. The molecule has 1 aromatic rings. The molecular weight excluding hydrogens is 331 g/mol. The molecule has 2 atom stereocenters. The van der Waals surface area contributed by atoms with Crippen molar-refractivity contribution in [3.05, 3.63) is 29.6 Å². The first-order chi connectivity index (χ1) is 11.2. The topological polar surface area (TPSA) is 50.4 Å². The van der Waals surface area contributed by atoms with Crippen LogP contribution in [0.2, 0.25) is 0 Å². The molecule has 2 fully saturated rings. The number of halogens is 2. The Kier molecular flexibility index (Phi) is 5.02. The lowest BCUT2D eigenvalue weighted by atomic mass is 9.91. The number of benzene rings is 1. The molecule has 132 valence electrons. The summed E-state index contributed by atoms with van der Waals surface area (Å²) in [6, 6.07) is 4.43. The van der Waals surface area contributed by atoms with Crippen LogP contribution in [0.15, 0.2) is 18.2 Å². The van der Waals surface area contributed by atoms with Crippen LogP contribution >= 0.6 is 12.4 Å². The van der Waals surface area contributed by atoms with Crippen molar-refractivity contribution >= 4 is 18.3 Å². The van der Waals surface area contributed by atoms with Gasteiger partial charge in [0.15, 0.2) is 0 Å². The minimum atomic E-state index is -0.283. The Hall–Kier alpha value is -1.33. The summed E-state index contributed by atoms with van der Waals surface area (Å²) in [7, 11) is 0. The second-order valence-corrected chi connectivity index (χ2v) is 7.10. The molecule has 3 aliphatic rings. The lowest BCUT2D eigenvalue weighted by Crippen LogP contribution is -2.35. The van der Waals surface area contributed by atoms with Gasteiger partial charge in [0.1, 0.15) is 11.6 Å². The first kappa shape index (κ1) is 17.5. The Labute approximate surface area is 147 Å². The fourth-order valence-corrected chi connectivity index (χ4v) is 4.17. The first-order valence-corrected chi connectivity index (χ1v) is 8.61. The first-order valence-electron chi connectivity index (χ1n) is 8.61. The highest BCUT2D eigenvalue weighted by molar-refractivity contribution is 5.85. The lowest BCUT2D eigenvalue weighted by molar-refractivity contribution is -0.124. The van der Waals surface area contributed by atoms with E-state index in [1.54, 1.807) is 6.07 Å². The maximum Gasteiger partial charge on any atom is 0.224 e. The van der Waals surface area contributed by atoms with Crippen molar-refractivity contribution in [3.8, 4) is 5.75 Å². The van der Waals surface area contributed by atoms with Gasteiger partial charge in [-0.1, -0.05) is 0 Å². The van der Waals surface area contributed by atoms with E-state index in [2.05, 4.69) is 10.6 Å². The zero-order valence-electron chi connectivity index (χ0n) is 13.6. The zero-order chi connectivity index (χ0) is 15.9. The van der Waals surface area contributed by atoms with E-state index in [0.29, 0.717) is 12.4 Å². The summed E-state index contributed by atoms with van der Waals surface area (Å²) in [5.74, 6) is 0.677. The van der Waals surface area contributed by atoms with Crippen LogP contribution in [0.1, 0.15) is 43.7 Å². The van der Waals surface area contributed by atoms with Crippen LogP contribution in [0.5, 0.6) is 5.75 Å². The summed E-state index contributed by atoms with van der Waals surface area (Å²) >= 11 is 0. The van der Waals surface area contributed by atoms with Crippen molar-refractivity contribution in [2.75, 3.05) is 19.7 Å². The predicted molar refractivity (Wildman–Crippen MR) is 91.9 cm³/mol. The number of amides is 1. The monoisotopic (exact) mass is 354 g/mol. The van der Waals surface area contributed by atoms with Gasteiger partial charge in [0.2, 0.25) is 5.91 Å². The minimum absolute atomic E-state index is 0. The van der Waals surface area contributed by atoms with Crippen molar-refractivity contribution in [2.24, 2.45) is 11.3 Å². The largest absolute Gasteiger partial charge is 0.493 e. The number of nitrogens with one attached hydrogen (secondary N) is 2. The van der Waals surface area contributed by atoms with E-state index in [1.165, 1.54) is 12.1 Å². The van der Waals surface area contributed by atoms with E-state index in [-0.39, 0.29) is 41.5 Å². The van der Waals surface area contributed by atoms with E-state index in [4.69, 9.17) is 4.74 Å². The highest BCUT2D eigenvalue weighted by Gasteiger charge is 2.57. The average molecular weight is 355 g/mol. The molecule has 4 rings (SSSR count). The second kappa shape index (κ2) is 6.89. The quantitative estimate of drug-likeness (QED) is 0.858. The SMILES string of the molecule is Cl.O=C(NC1CCCOc2ccc(F)cc21)C1CC12CCNCC2. The number of fused-ring (bicyclic) bond motifs is 1. The van der Waals surface area contributed by atoms with E-state index < -0.39 is 0 Å². The number of ether oxygens (including phenoxy) is 1. The van der Waals surface area contributed by atoms with Crippen molar-refractivity contribution in [1.29, 1.82) is 0 Å². The van der Waals surface area contributed by atoms with Crippen molar-refractivity contribution in [3.63, 3.8) is 0 Å². The fourth-order valence-electron chi connectivity index (χ4n) is 4.17.